The maximum Gasteiger partial charge on any atom is 0.118 e. The van der Waals surface area contributed by atoms with Crippen LogP contribution in [0.3, 0.4) is 0 Å². The number of benzene rings is 1. The third kappa shape index (κ3) is 1.59. The zero-order chi connectivity index (χ0) is 13.0. The smallest absolute Gasteiger partial charge is 0.118 e. The van der Waals surface area contributed by atoms with Crippen molar-refractivity contribution < 1.29 is 4.74 Å². The Hall–Kier alpha value is -1.02. The van der Waals surface area contributed by atoms with Gasteiger partial charge in [0.1, 0.15) is 5.75 Å². The minimum Gasteiger partial charge on any atom is -0.497 e. The van der Waals surface area contributed by atoms with Crippen LogP contribution in [0.2, 0.25) is 0 Å². The number of methoxy groups -OCH3 is 1. The summed E-state index contributed by atoms with van der Waals surface area (Å²) in [5.41, 5.74) is 8.23. The van der Waals surface area contributed by atoms with E-state index in [1.165, 1.54) is 37.7 Å². The first-order valence-corrected chi connectivity index (χ1v) is 7.63. The van der Waals surface area contributed by atoms with Crippen molar-refractivity contribution in [3.63, 3.8) is 0 Å². The van der Waals surface area contributed by atoms with Crippen LogP contribution in [-0.4, -0.2) is 7.11 Å². The highest BCUT2D eigenvalue weighted by Gasteiger charge is 2.55. The largest absolute Gasteiger partial charge is 0.497 e. The quantitative estimate of drug-likeness (QED) is 0.882. The fourth-order valence-electron chi connectivity index (χ4n) is 5.32. The minimum atomic E-state index is -0.0698. The van der Waals surface area contributed by atoms with Crippen molar-refractivity contribution >= 4 is 0 Å². The Kier molecular flexibility index (Phi) is 2.47. The Bertz CT molecular complexity index is 451. The molecular weight excluding hydrogens is 234 g/mol. The fraction of sp³-hybridized carbons (Fsp3) is 0.647. The predicted molar refractivity (Wildman–Crippen MR) is 75.9 cm³/mol. The molecule has 0 aliphatic heterocycles. The maximum absolute atomic E-state index is 6.96. The van der Waals surface area contributed by atoms with E-state index in [0.29, 0.717) is 11.8 Å². The van der Waals surface area contributed by atoms with Crippen molar-refractivity contribution in [3.8, 4) is 5.75 Å². The standard InChI is InChI=1S/C17H23NO/c1-19-16-4-2-13(3-5-16)17(18)14-7-11-6-12(9-14)10-15(17)8-11/h2-5,11-12,14-15H,6-10,18H2,1H3. The second-order valence-electron chi connectivity index (χ2n) is 6.97. The topological polar surface area (TPSA) is 35.2 Å². The molecule has 19 heavy (non-hydrogen) atoms. The van der Waals surface area contributed by atoms with Crippen LogP contribution in [0.15, 0.2) is 24.3 Å². The van der Waals surface area contributed by atoms with Gasteiger partial charge in [-0.1, -0.05) is 12.1 Å². The Morgan fingerprint density at radius 1 is 0.947 bits per heavy atom. The highest BCUT2D eigenvalue weighted by molar-refractivity contribution is 5.34. The van der Waals surface area contributed by atoms with Crippen molar-refractivity contribution in [1.82, 2.24) is 0 Å². The van der Waals surface area contributed by atoms with Gasteiger partial charge < -0.3 is 10.5 Å². The molecule has 0 spiro atoms. The van der Waals surface area contributed by atoms with Gasteiger partial charge >= 0.3 is 0 Å². The van der Waals surface area contributed by atoms with Crippen LogP contribution in [0.5, 0.6) is 5.75 Å². The summed E-state index contributed by atoms with van der Waals surface area (Å²) in [6.45, 7) is 0. The lowest BCUT2D eigenvalue weighted by Crippen LogP contribution is -2.60. The van der Waals surface area contributed by atoms with Gasteiger partial charge in [-0.2, -0.15) is 0 Å². The van der Waals surface area contributed by atoms with Gasteiger partial charge in [0, 0.05) is 5.54 Å². The number of hydrogen-bond donors (Lipinski definition) is 1. The highest BCUT2D eigenvalue weighted by atomic mass is 16.5. The summed E-state index contributed by atoms with van der Waals surface area (Å²) in [5, 5.41) is 0. The number of hydrogen-bond acceptors (Lipinski definition) is 2. The molecule has 2 nitrogen and oxygen atoms in total. The van der Waals surface area contributed by atoms with E-state index >= 15 is 0 Å². The van der Waals surface area contributed by atoms with Gasteiger partial charge in [-0.15, -0.1) is 0 Å². The molecule has 0 radical (unpaired) electrons. The summed E-state index contributed by atoms with van der Waals surface area (Å²) in [4.78, 5) is 0. The molecule has 102 valence electrons. The molecule has 2 N–H and O–H groups in total. The Balaban J connectivity index is 1.72. The molecule has 4 aliphatic carbocycles. The lowest BCUT2D eigenvalue weighted by molar-refractivity contribution is -0.0584. The van der Waals surface area contributed by atoms with E-state index in [9.17, 15) is 0 Å². The Morgan fingerprint density at radius 3 is 1.95 bits per heavy atom. The molecule has 4 fully saturated rings. The Labute approximate surface area is 115 Å². The zero-order valence-electron chi connectivity index (χ0n) is 11.6. The first-order valence-electron chi connectivity index (χ1n) is 7.63. The van der Waals surface area contributed by atoms with Crippen LogP contribution >= 0.6 is 0 Å². The second-order valence-corrected chi connectivity index (χ2v) is 6.97. The molecule has 0 saturated heterocycles. The lowest BCUT2D eigenvalue weighted by atomic mass is 9.47. The molecule has 0 heterocycles. The van der Waals surface area contributed by atoms with Crippen molar-refractivity contribution in [1.29, 1.82) is 0 Å². The molecule has 4 aliphatic rings. The van der Waals surface area contributed by atoms with Gasteiger partial charge in [0.25, 0.3) is 0 Å². The molecule has 0 atom stereocenters. The van der Waals surface area contributed by atoms with Crippen molar-refractivity contribution in [2.45, 2.75) is 37.6 Å². The van der Waals surface area contributed by atoms with Crippen molar-refractivity contribution in [3.05, 3.63) is 29.8 Å². The van der Waals surface area contributed by atoms with Gasteiger partial charge in [-0.05, 0) is 73.5 Å². The summed E-state index contributed by atoms with van der Waals surface area (Å²) < 4.78 is 5.27. The van der Waals surface area contributed by atoms with Gasteiger partial charge in [0.2, 0.25) is 0 Å². The molecular formula is C17H23NO. The third-order valence-electron chi connectivity index (χ3n) is 6.08. The zero-order valence-corrected chi connectivity index (χ0v) is 11.6. The van der Waals surface area contributed by atoms with E-state index in [1.54, 1.807) is 7.11 Å². The monoisotopic (exact) mass is 257 g/mol. The van der Waals surface area contributed by atoms with E-state index in [-0.39, 0.29) is 5.54 Å². The first kappa shape index (κ1) is 11.8. The van der Waals surface area contributed by atoms with Crippen LogP contribution in [0.1, 0.15) is 37.7 Å². The fourth-order valence-corrected chi connectivity index (χ4v) is 5.32. The molecule has 0 unspecified atom stereocenters. The Morgan fingerprint density at radius 2 is 1.47 bits per heavy atom. The minimum absolute atomic E-state index is 0.0698. The molecule has 1 aromatic rings. The van der Waals surface area contributed by atoms with Crippen molar-refractivity contribution in [2.24, 2.45) is 29.4 Å². The van der Waals surface area contributed by atoms with Crippen molar-refractivity contribution in [2.75, 3.05) is 7.11 Å². The maximum atomic E-state index is 6.96. The third-order valence-corrected chi connectivity index (χ3v) is 6.08. The summed E-state index contributed by atoms with van der Waals surface area (Å²) >= 11 is 0. The molecule has 0 aromatic heterocycles. The van der Waals surface area contributed by atoms with Gasteiger partial charge in [0.05, 0.1) is 7.11 Å². The summed E-state index contributed by atoms with van der Waals surface area (Å²) in [6, 6.07) is 8.52. The molecule has 4 saturated carbocycles. The molecule has 5 rings (SSSR count). The number of nitrogens with two attached hydrogens (primary N) is 1. The summed E-state index contributed by atoms with van der Waals surface area (Å²) in [6.07, 6.45) is 6.90. The van der Waals surface area contributed by atoms with E-state index in [4.69, 9.17) is 10.5 Å². The van der Waals surface area contributed by atoms with Gasteiger partial charge in [-0.25, -0.2) is 0 Å². The summed E-state index contributed by atoms with van der Waals surface area (Å²) in [5.74, 6) is 4.28. The SMILES string of the molecule is COc1ccc(C2(N)C3CC4CC(C3)CC2C4)cc1. The average Bonchev–Trinajstić information content (AvgIpc) is 2.44. The second kappa shape index (κ2) is 3.99. The van der Waals surface area contributed by atoms with Crippen LogP contribution in [-0.2, 0) is 5.54 Å². The predicted octanol–water partition coefficient (Wildman–Crippen LogP) is 3.31. The first-order chi connectivity index (χ1) is 9.20. The number of ether oxygens (including phenoxy) is 1. The van der Waals surface area contributed by atoms with Crippen LogP contribution in [0.4, 0.5) is 0 Å². The molecule has 2 heteroatoms. The van der Waals surface area contributed by atoms with Gasteiger partial charge in [-0.3, -0.25) is 0 Å². The summed E-state index contributed by atoms with van der Waals surface area (Å²) in [7, 11) is 1.72. The molecule has 4 bridgehead atoms. The number of rotatable bonds is 2. The normalized spacial score (nSPS) is 43.5. The van der Waals surface area contributed by atoms with E-state index < -0.39 is 0 Å². The van der Waals surface area contributed by atoms with E-state index in [2.05, 4.69) is 24.3 Å². The average molecular weight is 257 g/mol. The van der Waals surface area contributed by atoms with E-state index in [0.717, 1.165) is 17.6 Å². The van der Waals surface area contributed by atoms with E-state index in [1.807, 2.05) is 0 Å². The highest BCUT2D eigenvalue weighted by Crippen LogP contribution is 2.60. The van der Waals surface area contributed by atoms with Crippen LogP contribution in [0.25, 0.3) is 0 Å². The van der Waals surface area contributed by atoms with Crippen LogP contribution < -0.4 is 10.5 Å². The van der Waals surface area contributed by atoms with Gasteiger partial charge in [0.15, 0.2) is 0 Å². The molecule has 1 aromatic carbocycles. The molecule has 0 amide bonds. The lowest BCUT2D eigenvalue weighted by Gasteiger charge is -2.60. The van der Waals surface area contributed by atoms with Crippen LogP contribution in [0, 0.1) is 23.7 Å².